The highest BCUT2D eigenvalue weighted by Crippen LogP contribution is 2.16. The van der Waals surface area contributed by atoms with E-state index in [0.29, 0.717) is 0 Å². The first kappa shape index (κ1) is 8.53. The van der Waals surface area contributed by atoms with E-state index in [4.69, 9.17) is 9.52 Å². The number of aliphatic hydroxyl groups excluding tert-OH is 1. The standard InChI is InChI=1S/C10H10O2S/c11-6-8-4-9(12-7-8)5-10-2-1-3-13-10/h1-4,7,11H,5-6H2. The molecular formula is C10H10O2S. The zero-order chi connectivity index (χ0) is 9.10. The molecule has 3 heteroatoms. The molecule has 0 saturated carbocycles. The van der Waals surface area contributed by atoms with Gasteiger partial charge in [0.15, 0.2) is 0 Å². The van der Waals surface area contributed by atoms with Gasteiger partial charge in [-0.15, -0.1) is 11.3 Å². The van der Waals surface area contributed by atoms with Crippen LogP contribution in [0.15, 0.2) is 34.3 Å². The summed E-state index contributed by atoms with van der Waals surface area (Å²) >= 11 is 1.71. The third-order valence-corrected chi connectivity index (χ3v) is 2.70. The molecule has 2 nitrogen and oxygen atoms in total. The molecule has 0 saturated heterocycles. The lowest BCUT2D eigenvalue weighted by molar-refractivity contribution is 0.280. The van der Waals surface area contributed by atoms with Crippen LogP contribution in [0.1, 0.15) is 16.2 Å². The van der Waals surface area contributed by atoms with Crippen LogP contribution >= 0.6 is 11.3 Å². The highest BCUT2D eigenvalue weighted by Gasteiger charge is 2.02. The number of hydrogen-bond acceptors (Lipinski definition) is 3. The molecule has 2 rings (SSSR count). The van der Waals surface area contributed by atoms with E-state index in [1.807, 2.05) is 17.5 Å². The second-order valence-electron chi connectivity index (χ2n) is 2.84. The predicted octanol–water partition coefficient (Wildman–Crippen LogP) is 2.42. The highest BCUT2D eigenvalue weighted by atomic mass is 32.1. The molecule has 13 heavy (non-hydrogen) atoms. The molecule has 2 heterocycles. The van der Waals surface area contributed by atoms with Crippen LogP contribution in [-0.2, 0) is 13.0 Å². The van der Waals surface area contributed by atoms with Crippen molar-refractivity contribution in [1.29, 1.82) is 0 Å². The van der Waals surface area contributed by atoms with Gasteiger partial charge >= 0.3 is 0 Å². The molecule has 0 aliphatic carbocycles. The van der Waals surface area contributed by atoms with Gasteiger partial charge in [0.2, 0.25) is 0 Å². The van der Waals surface area contributed by atoms with Crippen LogP contribution in [0.3, 0.4) is 0 Å². The van der Waals surface area contributed by atoms with Crippen molar-refractivity contribution in [1.82, 2.24) is 0 Å². The van der Waals surface area contributed by atoms with Crippen molar-refractivity contribution in [2.75, 3.05) is 0 Å². The number of hydrogen-bond donors (Lipinski definition) is 1. The van der Waals surface area contributed by atoms with E-state index >= 15 is 0 Å². The lowest BCUT2D eigenvalue weighted by atomic mass is 10.2. The van der Waals surface area contributed by atoms with Crippen LogP contribution in [0.4, 0.5) is 0 Å². The van der Waals surface area contributed by atoms with E-state index < -0.39 is 0 Å². The van der Waals surface area contributed by atoms with Gasteiger partial charge in [-0.1, -0.05) is 6.07 Å². The molecule has 0 unspecified atom stereocenters. The van der Waals surface area contributed by atoms with E-state index in [1.165, 1.54) is 4.88 Å². The summed E-state index contributed by atoms with van der Waals surface area (Å²) in [5.74, 6) is 0.909. The monoisotopic (exact) mass is 194 g/mol. The van der Waals surface area contributed by atoms with Crippen molar-refractivity contribution in [3.63, 3.8) is 0 Å². The molecule has 0 radical (unpaired) electrons. The van der Waals surface area contributed by atoms with Crippen LogP contribution in [0.5, 0.6) is 0 Å². The molecular weight excluding hydrogens is 184 g/mol. The minimum atomic E-state index is 0.0495. The fraction of sp³-hybridized carbons (Fsp3) is 0.200. The van der Waals surface area contributed by atoms with Crippen LogP contribution in [-0.4, -0.2) is 5.11 Å². The van der Waals surface area contributed by atoms with Gasteiger partial charge in [0.25, 0.3) is 0 Å². The fourth-order valence-corrected chi connectivity index (χ4v) is 1.90. The van der Waals surface area contributed by atoms with Gasteiger partial charge in [0.05, 0.1) is 12.9 Å². The summed E-state index contributed by atoms with van der Waals surface area (Å²) in [5, 5.41) is 10.9. The Labute approximate surface area is 80.4 Å². The van der Waals surface area contributed by atoms with Crippen molar-refractivity contribution in [2.24, 2.45) is 0 Å². The van der Waals surface area contributed by atoms with Crippen molar-refractivity contribution >= 4 is 11.3 Å². The summed E-state index contributed by atoms with van der Waals surface area (Å²) in [6.07, 6.45) is 2.42. The van der Waals surface area contributed by atoms with Gasteiger partial charge in [-0.05, 0) is 17.5 Å². The van der Waals surface area contributed by atoms with Crippen LogP contribution in [0.2, 0.25) is 0 Å². The Balaban J connectivity index is 2.10. The molecule has 0 amide bonds. The highest BCUT2D eigenvalue weighted by molar-refractivity contribution is 7.09. The van der Waals surface area contributed by atoms with Gasteiger partial charge in [-0.3, -0.25) is 0 Å². The zero-order valence-electron chi connectivity index (χ0n) is 7.06. The van der Waals surface area contributed by atoms with Gasteiger partial charge in [0.1, 0.15) is 5.76 Å². The Morgan fingerprint density at radius 1 is 1.46 bits per heavy atom. The van der Waals surface area contributed by atoms with Gasteiger partial charge in [-0.2, -0.15) is 0 Å². The van der Waals surface area contributed by atoms with Crippen molar-refractivity contribution in [2.45, 2.75) is 13.0 Å². The normalized spacial score (nSPS) is 10.5. The molecule has 1 N–H and O–H groups in total. The molecule has 0 atom stereocenters. The molecule has 0 aliphatic rings. The molecule has 2 aromatic heterocycles. The van der Waals surface area contributed by atoms with Crippen LogP contribution in [0.25, 0.3) is 0 Å². The average Bonchev–Trinajstić information content (AvgIpc) is 2.76. The number of thiophene rings is 1. The largest absolute Gasteiger partial charge is 0.469 e. The van der Waals surface area contributed by atoms with E-state index in [-0.39, 0.29) is 6.61 Å². The molecule has 0 fully saturated rings. The van der Waals surface area contributed by atoms with Crippen molar-refractivity contribution in [3.05, 3.63) is 46.0 Å². The molecule has 0 aromatic carbocycles. The smallest absolute Gasteiger partial charge is 0.109 e. The topological polar surface area (TPSA) is 33.4 Å². The van der Waals surface area contributed by atoms with Crippen molar-refractivity contribution < 1.29 is 9.52 Å². The maximum Gasteiger partial charge on any atom is 0.109 e. The number of rotatable bonds is 3. The summed E-state index contributed by atoms with van der Waals surface area (Å²) in [6.45, 7) is 0.0495. The van der Waals surface area contributed by atoms with Gasteiger partial charge in [0, 0.05) is 16.9 Å². The van der Waals surface area contributed by atoms with E-state index in [9.17, 15) is 0 Å². The summed E-state index contributed by atoms with van der Waals surface area (Å²) in [6, 6.07) is 5.99. The molecule has 68 valence electrons. The Bertz CT molecular complexity index is 362. The third-order valence-electron chi connectivity index (χ3n) is 1.82. The first-order valence-electron chi connectivity index (χ1n) is 4.08. The van der Waals surface area contributed by atoms with E-state index in [0.717, 1.165) is 17.7 Å². The minimum Gasteiger partial charge on any atom is -0.469 e. The first-order chi connectivity index (χ1) is 6.38. The van der Waals surface area contributed by atoms with Crippen LogP contribution < -0.4 is 0 Å². The Morgan fingerprint density at radius 3 is 3.00 bits per heavy atom. The second-order valence-corrected chi connectivity index (χ2v) is 3.87. The Morgan fingerprint density at radius 2 is 2.38 bits per heavy atom. The summed E-state index contributed by atoms with van der Waals surface area (Å²) in [5.41, 5.74) is 0.839. The minimum absolute atomic E-state index is 0.0495. The van der Waals surface area contributed by atoms with Gasteiger partial charge < -0.3 is 9.52 Å². The predicted molar refractivity (Wildman–Crippen MR) is 51.8 cm³/mol. The quantitative estimate of drug-likeness (QED) is 0.814. The number of furan rings is 1. The second kappa shape index (κ2) is 3.77. The Hall–Kier alpha value is -1.06. The number of aliphatic hydroxyl groups is 1. The molecule has 0 spiro atoms. The lowest BCUT2D eigenvalue weighted by Gasteiger charge is -1.90. The third kappa shape index (κ3) is 1.99. The Kier molecular flexibility index (Phi) is 2.47. The molecule has 0 bridgehead atoms. The van der Waals surface area contributed by atoms with Crippen molar-refractivity contribution in [3.8, 4) is 0 Å². The summed E-state index contributed by atoms with van der Waals surface area (Å²) in [7, 11) is 0. The van der Waals surface area contributed by atoms with E-state index in [2.05, 4.69) is 6.07 Å². The molecule has 0 aliphatic heterocycles. The first-order valence-corrected chi connectivity index (χ1v) is 4.96. The SMILES string of the molecule is OCc1coc(Cc2cccs2)c1. The van der Waals surface area contributed by atoms with E-state index in [1.54, 1.807) is 17.6 Å². The molecule has 2 aromatic rings. The summed E-state index contributed by atoms with van der Waals surface area (Å²) < 4.78 is 5.28. The van der Waals surface area contributed by atoms with Crippen LogP contribution in [0, 0.1) is 0 Å². The lowest BCUT2D eigenvalue weighted by Crippen LogP contribution is -1.80. The summed E-state index contributed by atoms with van der Waals surface area (Å²) in [4.78, 5) is 1.28. The fourth-order valence-electron chi connectivity index (χ4n) is 1.19. The maximum atomic E-state index is 8.82. The maximum absolute atomic E-state index is 8.82. The average molecular weight is 194 g/mol. The van der Waals surface area contributed by atoms with Gasteiger partial charge in [-0.25, -0.2) is 0 Å². The zero-order valence-corrected chi connectivity index (χ0v) is 7.88.